The Hall–Kier alpha value is -1.28. The molecule has 2 rings (SSSR count). The minimum absolute atomic E-state index is 0.338. The second-order valence-corrected chi connectivity index (χ2v) is 4.82. The fourth-order valence-electron chi connectivity index (χ4n) is 2.72. The van der Waals surface area contributed by atoms with E-state index in [0.29, 0.717) is 18.6 Å². The van der Waals surface area contributed by atoms with Crippen LogP contribution < -0.4 is 4.74 Å². The van der Waals surface area contributed by atoms with E-state index in [1.54, 1.807) is 7.11 Å². The molecule has 1 fully saturated rings. The molecule has 0 N–H and O–H groups in total. The summed E-state index contributed by atoms with van der Waals surface area (Å²) in [5.41, 5.74) is 1.37. The molecule has 0 heterocycles. The second kappa shape index (κ2) is 6.60. The molecular weight excluding hydrogens is 224 g/mol. The second-order valence-electron chi connectivity index (χ2n) is 4.82. The summed E-state index contributed by atoms with van der Waals surface area (Å²) in [5, 5.41) is 0. The standard InChI is InChI=1S/C16H22O2/c1-3-12-18-16-7-5-4-6-15(16)13-8-10-14(17-2)11-9-13/h3,8-11,15-16H,1,4-7,12H2,2H3/t15-,16+/m0/s1. The molecule has 1 aliphatic carbocycles. The molecule has 0 spiro atoms. The van der Waals surface area contributed by atoms with Gasteiger partial charge in [0.2, 0.25) is 0 Å². The van der Waals surface area contributed by atoms with E-state index in [9.17, 15) is 0 Å². The molecule has 98 valence electrons. The molecule has 2 nitrogen and oxygen atoms in total. The van der Waals surface area contributed by atoms with Crippen molar-refractivity contribution in [1.82, 2.24) is 0 Å². The summed E-state index contributed by atoms with van der Waals surface area (Å²) in [5.74, 6) is 1.43. The Balaban J connectivity index is 2.08. The number of rotatable bonds is 5. The van der Waals surface area contributed by atoms with Crippen molar-refractivity contribution < 1.29 is 9.47 Å². The third kappa shape index (κ3) is 3.14. The monoisotopic (exact) mass is 246 g/mol. The van der Waals surface area contributed by atoms with Crippen LogP contribution in [0.4, 0.5) is 0 Å². The highest BCUT2D eigenvalue weighted by Gasteiger charge is 2.26. The van der Waals surface area contributed by atoms with Crippen LogP contribution in [0.1, 0.15) is 37.2 Å². The third-order valence-electron chi connectivity index (χ3n) is 3.67. The Morgan fingerprint density at radius 3 is 2.61 bits per heavy atom. The summed E-state index contributed by atoms with van der Waals surface area (Å²) in [6.07, 6.45) is 7.11. The highest BCUT2D eigenvalue weighted by molar-refractivity contribution is 5.30. The Bertz CT molecular complexity index is 369. The molecule has 1 aliphatic rings. The lowest BCUT2D eigenvalue weighted by Gasteiger charge is -2.31. The van der Waals surface area contributed by atoms with Crippen LogP contribution in [-0.2, 0) is 4.74 Å². The van der Waals surface area contributed by atoms with E-state index in [1.807, 2.05) is 18.2 Å². The van der Waals surface area contributed by atoms with Crippen LogP contribution >= 0.6 is 0 Å². The summed E-state index contributed by atoms with van der Waals surface area (Å²) >= 11 is 0. The van der Waals surface area contributed by atoms with Crippen molar-refractivity contribution in [3.05, 3.63) is 42.5 Å². The normalized spacial score (nSPS) is 23.6. The van der Waals surface area contributed by atoms with Crippen molar-refractivity contribution in [1.29, 1.82) is 0 Å². The van der Waals surface area contributed by atoms with Gasteiger partial charge in [-0.3, -0.25) is 0 Å². The van der Waals surface area contributed by atoms with Gasteiger partial charge in [0, 0.05) is 5.92 Å². The van der Waals surface area contributed by atoms with Gasteiger partial charge in [-0.25, -0.2) is 0 Å². The largest absolute Gasteiger partial charge is 0.497 e. The van der Waals surface area contributed by atoms with Gasteiger partial charge in [-0.15, -0.1) is 6.58 Å². The molecule has 18 heavy (non-hydrogen) atoms. The van der Waals surface area contributed by atoms with Crippen LogP contribution in [0.2, 0.25) is 0 Å². The van der Waals surface area contributed by atoms with Gasteiger partial charge in [-0.05, 0) is 30.5 Å². The van der Waals surface area contributed by atoms with Crippen molar-refractivity contribution >= 4 is 0 Å². The number of hydrogen-bond donors (Lipinski definition) is 0. The van der Waals surface area contributed by atoms with Crippen molar-refractivity contribution in [3.63, 3.8) is 0 Å². The maximum absolute atomic E-state index is 5.91. The number of hydrogen-bond acceptors (Lipinski definition) is 2. The zero-order chi connectivity index (χ0) is 12.8. The minimum Gasteiger partial charge on any atom is -0.497 e. The zero-order valence-electron chi connectivity index (χ0n) is 11.1. The lowest BCUT2D eigenvalue weighted by atomic mass is 9.81. The highest BCUT2D eigenvalue weighted by atomic mass is 16.5. The Morgan fingerprint density at radius 1 is 1.22 bits per heavy atom. The SMILES string of the molecule is C=CCO[C@@H]1CCCC[C@H]1c1ccc(OC)cc1. The third-order valence-corrected chi connectivity index (χ3v) is 3.67. The van der Waals surface area contributed by atoms with Crippen molar-refractivity contribution in [2.45, 2.75) is 37.7 Å². The number of methoxy groups -OCH3 is 1. The Labute approximate surface area is 110 Å². The average molecular weight is 246 g/mol. The first kappa shape index (κ1) is 13.2. The molecule has 1 aromatic carbocycles. The summed E-state index contributed by atoms with van der Waals surface area (Å²) < 4.78 is 11.1. The first-order chi connectivity index (χ1) is 8.85. The maximum Gasteiger partial charge on any atom is 0.118 e. The average Bonchev–Trinajstić information content (AvgIpc) is 2.45. The van der Waals surface area contributed by atoms with E-state index >= 15 is 0 Å². The summed E-state index contributed by atoms with van der Waals surface area (Å²) in [6, 6.07) is 8.40. The summed E-state index contributed by atoms with van der Waals surface area (Å²) in [4.78, 5) is 0. The predicted molar refractivity (Wildman–Crippen MR) is 74.1 cm³/mol. The van der Waals surface area contributed by atoms with Gasteiger partial charge in [-0.1, -0.05) is 31.1 Å². The Morgan fingerprint density at radius 2 is 1.94 bits per heavy atom. The van der Waals surface area contributed by atoms with E-state index in [1.165, 1.54) is 24.8 Å². The highest BCUT2D eigenvalue weighted by Crippen LogP contribution is 2.35. The molecule has 2 atom stereocenters. The first-order valence-electron chi connectivity index (χ1n) is 6.71. The molecule has 0 saturated heterocycles. The fraction of sp³-hybridized carbons (Fsp3) is 0.500. The van der Waals surface area contributed by atoms with Crippen LogP contribution in [0, 0.1) is 0 Å². The van der Waals surface area contributed by atoms with Crippen LogP contribution in [0.5, 0.6) is 5.75 Å². The quantitative estimate of drug-likeness (QED) is 0.733. The molecule has 0 aromatic heterocycles. The number of ether oxygens (including phenoxy) is 2. The van der Waals surface area contributed by atoms with Crippen molar-refractivity contribution in [2.24, 2.45) is 0 Å². The lowest BCUT2D eigenvalue weighted by molar-refractivity contribution is 0.0298. The zero-order valence-corrected chi connectivity index (χ0v) is 11.1. The molecule has 2 heteroatoms. The van der Waals surface area contributed by atoms with Gasteiger partial charge in [0.25, 0.3) is 0 Å². The van der Waals surface area contributed by atoms with E-state index in [0.717, 1.165) is 12.2 Å². The van der Waals surface area contributed by atoms with E-state index in [2.05, 4.69) is 18.7 Å². The van der Waals surface area contributed by atoms with Crippen molar-refractivity contribution in [2.75, 3.05) is 13.7 Å². The van der Waals surface area contributed by atoms with Crippen LogP contribution in [-0.4, -0.2) is 19.8 Å². The van der Waals surface area contributed by atoms with Gasteiger partial charge in [0.15, 0.2) is 0 Å². The Kier molecular flexibility index (Phi) is 4.82. The minimum atomic E-state index is 0.338. The smallest absolute Gasteiger partial charge is 0.118 e. The summed E-state index contributed by atoms with van der Waals surface area (Å²) in [6.45, 7) is 4.37. The topological polar surface area (TPSA) is 18.5 Å². The molecule has 1 saturated carbocycles. The first-order valence-corrected chi connectivity index (χ1v) is 6.71. The molecule has 0 bridgehead atoms. The molecule has 0 amide bonds. The van der Waals surface area contributed by atoms with E-state index in [-0.39, 0.29) is 0 Å². The summed E-state index contributed by atoms with van der Waals surface area (Å²) in [7, 11) is 1.70. The van der Waals surface area contributed by atoms with Crippen LogP contribution in [0.25, 0.3) is 0 Å². The van der Waals surface area contributed by atoms with Gasteiger partial charge in [0.05, 0.1) is 19.8 Å². The van der Waals surface area contributed by atoms with Crippen LogP contribution in [0.3, 0.4) is 0 Å². The number of benzene rings is 1. The molecule has 0 aliphatic heterocycles. The predicted octanol–water partition coefficient (Wildman–Crippen LogP) is 3.92. The lowest BCUT2D eigenvalue weighted by Crippen LogP contribution is -2.26. The van der Waals surface area contributed by atoms with E-state index in [4.69, 9.17) is 9.47 Å². The molecular formula is C16H22O2. The molecule has 0 radical (unpaired) electrons. The van der Waals surface area contributed by atoms with Crippen molar-refractivity contribution in [3.8, 4) is 5.75 Å². The maximum atomic E-state index is 5.91. The van der Waals surface area contributed by atoms with E-state index < -0.39 is 0 Å². The molecule has 0 unspecified atom stereocenters. The van der Waals surface area contributed by atoms with Gasteiger partial charge < -0.3 is 9.47 Å². The van der Waals surface area contributed by atoms with Gasteiger partial charge in [-0.2, -0.15) is 0 Å². The van der Waals surface area contributed by atoms with Gasteiger partial charge in [0.1, 0.15) is 5.75 Å². The molecule has 1 aromatic rings. The fourth-order valence-corrected chi connectivity index (χ4v) is 2.72. The van der Waals surface area contributed by atoms with Gasteiger partial charge >= 0.3 is 0 Å². The van der Waals surface area contributed by atoms with Crippen LogP contribution in [0.15, 0.2) is 36.9 Å².